The van der Waals surface area contributed by atoms with Crippen molar-refractivity contribution < 1.29 is 18.6 Å². The highest BCUT2D eigenvalue weighted by Crippen LogP contribution is 2.23. The summed E-state index contributed by atoms with van der Waals surface area (Å²) in [5.74, 6) is -0.526. The lowest BCUT2D eigenvalue weighted by Crippen LogP contribution is -2.38. The molecular formula is C19H24F2IN3O2. The molecule has 2 aromatic rings. The maximum absolute atomic E-state index is 13.4. The number of phenols is 1. The number of guanidine groups is 1. The molecule has 0 heterocycles. The van der Waals surface area contributed by atoms with Crippen molar-refractivity contribution in [2.75, 3.05) is 13.7 Å². The van der Waals surface area contributed by atoms with Crippen molar-refractivity contribution in [2.45, 2.75) is 26.4 Å². The molecule has 0 aliphatic rings. The molecule has 0 fully saturated rings. The number of hydrogen-bond donors (Lipinski definition) is 3. The van der Waals surface area contributed by atoms with Gasteiger partial charge in [-0.1, -0.05) is 6.07 Å². The quantitative estimate of drug-likeness (QED) is 0.323. The van der Waals surface area contributed by atoms with Crippen LogP contribution >= 0.6 is 24.0 Å². The van der Waals surface area contributed by atoms with Gasteiger partial charge in [-0.05, 0) is 49.7 Å². The Morgan fingerprint density at radius 1 is 1.19 bits per heavy atom. The van der Waals surface area contributed by atoms with Gasteiger partial charge in [-0.25, -0.2) is 13.8 Å². The Labute approximate surface area is 174 Å². The van der Waals surface area contributed by atoms with Gasteiger partial charge in [0.25, 0.3) is 0 Å². The lowest BCUT2D eigenvalue weighted by Gasteiger charge is -2.18. The Kier molecular flexibility index (Phi) is 9.27. The summed E-state index contributed by atoms with van der Waals surface area (Å²) >= 11 is 0. The van der Waals surface area contributed by atoms with Gasteiger partial charge in [0, 0.05) is 12.1 Å². The summed E-state index contributed by atoms with van der Waals surface area (Å²) < 4.78 is 31.7. The molecule has 1 unspecified atom stereocenters. The minimum atomic E-state index is -0.889. The highest BCUT2D eigenvalue weighted by molar-refractivity contribution is 14.0. The van der Waals surface area contributed by atoms with Crippen LogP contribution in [0.15, 0.2) is 41.4 Å². The van der Waals surface area contributed by atoms with Crippen molar-refractivity contribution >= 4 is 29.9 Å². The number of nitrogens with zero attached hydrogens (tertiary/aromatic N) is 1. The smallest absolute Gasteiger partial charge is 0.192 e. The molecule has 0 radical (unpaired) electrons. The summed E-state index contributed by atoms with van der Waals surface area (Å²) in [7, 11) is 1.55. The van der Waals surface area contributed by atoms with E-state index >= 15 is 0 Å². The third-order valence-corrected chi connectivity index (χ3v) is 3.84. The lowest BCUT2D eigenvalue weighted by molar-refractivity contribution is 0.411. The average molecular weight is 491 g/mol. The van der Waals surface area contributed by atoms with Gasteiger partial charge >= 0.3 is 0 Å². The fourth-order valence-corrected chi connectivity index (χ4v) is 2.37. The van der Waals surface area contributed by atoms with Gasteiger partial charge in [-0.2, -0.15) is 0 Å². The van der Waals surface area contributed by atoms with Crippen LogP contribution in [0.1, 0.15) is 31.0 Å². The minimum absolute atomic E-state index is 0. The van der Waals surface area contributed by atoms with Crippen molar-refractivity contribution in [3.63, 3.8) is 0 Å². The van der Waals surface area contributed by atoms with E-state index in [4.69, 9.17) is 4.74 Å². The van der Waals surface area contributed by atoms with Crippen molar-refractivity contribution in [3.8, 4) is 11.5 Å². The van der Waals surface area contributed by atoms with Crippen LogP contribution in [0.3, 0.4) is 0 Å². The topological polar surface area (TPSA) is 65.9 Å². The fourth-order valence-electron chi connectivity index (χ4n) is 2.37. The molecule has 1 atom stereocenters. The molecule has 3 N–H and O–H groups in total. The zero-order chi connectivity index (χ0) is 19.1. The Hall–Kier alpha value is -2.10. The standard InChI is InChI=1S/C19H23F2N3O2.HI/c1-4-22-19(23-11-14-9-15(26-3)6-8-18(14)25)24-12(2)13-5-7-16(20)17(21)10-13;/h5-10,12,25H,4,11H2,1-3H3,(H2,22,23,24);1H. The van der Waals surface area contributed by atoms with E-state index in [9.17, 15) is 13.9 Å². The third kappa shape index (κ3) is 6.53. The molecule has 5 nitrogen and oxygen atoms in total. The zero-order valence-corrected chi connectivity index (χ0v) is 17.8. The summed E-state index contributed by atoms with van der Waals surface area (Å²) in [6.45, 7) is 4.59. The van der Waals surface area contributed by atoms with Crippen LogP contribution in [0.25, 0.3) is 0 Å². The normalized spacial score (nSPS) is 12.1. The van der Waals surface area contributed by atoms with Crippen molar-refractivity contribution in [1.29, 1.82) is 0 Å². The number of methoxy groups -OCH3 is 1. The molecule has 148 valence electrons. The largest absolute Gasteiger partial charge is 0.508 e. The van der Waals surface area contributed by atoms with Crippen LogP contribution in [0.5, 0.6) is 11.5 Å². The SMILES string of the molecule is CCNC(=NCc1cc(OC)ccc1O)NC(C)c1ccc(F)c(F)c1.I. The molecule has 2 rings (SSSR count). The molecule has 0 saturated carbocycles. The summed E-state index contributed by atoms with van der Waals surface area (Å²) in [6, 6.07) is 8.41. The number of aliphatic imine (C=N–C) groups is 1. The van der Waals surface area contributed by atoms with Gasteiger partial charge in [-0.15, -0.1) is 24.0 Å². The second-order valence-corrected chi connectivity index (χ2v) is 5.73. The summed E-state index contributed by atoms with van der Waals surface area (Å²) in [6.07, 6.45) is 0. The third-order valence-electron chi connectivity index (χ3n) is 3.84. The Morgan fingerprint density at radius 2 is 1.93 bits per heavy atom. The highest BCUT2D eigenvalue weighted by Gasteiger charge is 2.11. The van der Waals surface area contributed by atoms with Crippen LogP contribution in [0.4, 0.5) is 8.78 Å². The van der Waals surface area contributed by atoms with E-state index in [1.807, 2.05) is 13.8 Å². The first-order chi connectivity index (χ1) is 12.4. The number of nitrogens with one attached hydrogen (secondary N) is 2. The van der Waals surface area contributed by atoms with E-state index in [1.165, 1.54) is 6.07 Å². The monoisotopic (exact) mass is 491 g/mol. The Balaban J connectivity index is 0.00000364. The number of halogens is 3. The first-order valence-electron chi connectivity index (χ1n) is 8.30. The molecule has 0 bridgehead atoms. The van der Waals surface area contributed by atoms with E-state index in [-0.39, 0.29) is 42.3 Å². The number of ether oxygens (including phenoxy) is 1. The van der Waals surface area contributed by atoms with Crippen molar-refractivity contribution in [3.05, 3.63) is 59.2 Å². The molecule has 0 spiro atoms. The first-order valence-corrected chi connectivity index (χ1v) is 8.30. The second kappa shape index (κ2) is 10.9. The minimum Gasteiger partial charge on any atom is -0.508 e. The predicted octanol–water partition coefficient (Wildman–Crippen LogP) is 4.11. The average Bonchev–Trinajstić information content (AvgIpc) is 2.63. The van der Waals surface area contributed by atoms with Crippen LogP contribution in [0.2, 0.25) is 0 Å². The molecule has 0 saturated heterocycles. The number of benzene rings is 2. The maximum atomic E-state index is 13.4. The van der Waals surface area contributed by atoms with Gasteiger partial charge in [-0.3, -0.25) is 0 Å². The molecule has 27 heavy (non-hydrogen) atoms. The molecule has 0 aromatic heterocycles. The number of rotatable bonds is 6. The van der Waals surface area contributed by atoms with E-state index in [0.717, 1.165) is 12.1 Å². The van der Waals surface area contributed by atoms with Gasteiger partial charge in [0.1, 0.15) is 11.5 Å². The molecular weight excluding hydrogens is 467 g/mol. The second-order valence-electron chi connectivity index (χ2n) is 5.73. The summed E-state index contributed by atoms with van der Waals surface area (Å²) in [5, 5.41) is 16.2. The highest BCUT2D eigenvalue weighted by atomic mass is 127. The van der Waals surface area contributed by atoms with Gasteiger partial charge < -0.3 is 20.5 Å². The van der Waals surface area contributed by atoms with E-state index in [2.05, 4.69) is 15.6 Å². The number of aromatic hydroxyl groups is 1. The van der Waals surface area contributed by atoms with E-state index in [1.54, 1.807) is 25.3 Å². The molecule has 2 aromatic carbocycles. The van der Waals surface area contributed by atoms with Crippen LogP contribution in [-0.4, -0.2) is 24.7 Å². The molecule has 0 aliphatic heterocycles. The Bertz CT molecular complexity index is 788. The lowest BCUT2D eigenvalue weighted by atomic mass is 10.1. The van der Waals surface area contributed by atoms with E-state index in [0.29, 0.717) is 29.4 Å². The fraction of sp³-hybridized carbons (Fsp3) is 0.316. The maximum Gasteiger partial charge on any atom is 0.192 e. The first kappa shape index (κ1) is 22.9. The van der Waals surface area contributed by atoms with Crippen molar-refractivity contribution in [1.82, 2.24) is 10.6 Å². The number of phenolic OH excluding ortho intramolecular Hbond substituents is 1. The zero-order valence-electron chi connectivity index (χ0n) is 15.4. The van der Waals surface area contributed by atoms with Gasteiger partial charge in [0.2, 0.25) is 0 Å². The van der Waals surface area contributed by atoms with Crippen LogP contribution < -0.4 is 15.4 Å². The predicted molar refractivity (Wildman–Crippen MR) is 113 cm³/mol. The van der Waals surface area contributed by atoms with E-state index < -0.39 is 11.6 Å². The van der Waals surface area contributed by atoms with Crippen LogP contribution in [-0.2, 0) is 6.54 Å². The molecule has 0 amide bonds. The Morgan fingerprint density at radius 3 is 2.56 bits per heavy atom. The summed E-state index contributed by atoms with van der Waals surface area (Å²) in [5.41, 5.74) is 1.21. The summed E-state index contributed by atoms with van der Waals surface area (Å²) in [4.78, 5) is 4.44. The van der Waals surface area contributed by atoms with Gasteiger partial charge in [0.05, 0.1) is 19.7 Å². The number of hydrogen-bond acceptors (Lipinski definition) is 3. The van der Waals surface area contributed by atoms with Crippen molar-refractivity contribution in [2.24, 2.45) is 4.99 Å². The molecule has 0 aliphatic carbocycles. The van der Waals surface area contributed by atoms with Gasteiger partial charge in [0.15, 0.2) is 17.6 Å². The molecule has 8 heteroatoms. The van der Waals surface area contributed by atoms with Crippen LogP contribution in [0, 0.1) is 11.6 Å².